The highest BCUT2D eigenvalue weighted by Gasteiger charge is 2.36. The number of H-pyrrole nitrogens is 1. The van der Waals surface area contributed by atoms with Gasteiger partial charge in [0.1, 0.15) is 12.8 Å². The van der Waals surface area contributed by atoms with E-state index in [-0.39, 0.29) is 42.3 Å². The molecule has 1 amide bonds. The number of carbonyl (C=O) groups excluding carboxylic acids is 2. The van der Waals surface area contributed by atoms with Gasteiger partial charge in [0, 0.05) is 44.6 Å². The van der Waals surface area contributed by atoms with Crippen molar-refractivity contribution in [1.29, 1.82) is 0 Å². The molecule has 1 aliphatic carbocycles. The number of fused-ring (bicyclic) bond motifs is 3. The summed E-state index contributed by atoms with van der Waals surface area (Å²) < 4.78 is 23.9. The summed E-state index contributed by atoms with van der Waals surface area (Å²) in [5, 5.41) is 2.85. The van der Waals surface area contributed by atoms with Gasteiger partial charge in [0.25, 0.3) is 5.56 Å². The number of rotatable bonds is 18. The molecule has 10 nitrogen and oxygen atoms in total. The Morgan fingerprint density at radius 3 is 2.32 bits per heavy atom. The maximum absolute atomic E-state index is 12.8. The molecule has 1 fully saturated rings. The zero-order valence-electron chi connectivity index (χ0n) is 32.9. The number of hydrogen-bond acceptors (Lipinski definition) is 7. The maximum atomic E-state index is 12.8. The second-order valence-corrected chi connectivity index (χ2v) is 17.0. The van der Waals surface area contributed by atoms with Crippen molar-refractivity contribution in [2.24, 2.45) is 5.92 Å². The quantitative estimate of drug-likeness (QED) is 0.0601. The molecule has 3 aromatic rings. The van der Waals surface area contributed by atoms with Gasteiger partial charge in [-0.2, -0.15) is 0 Å². The molecular weight excluding hydrogens is 687 g/mol. The first-order valence-electron chi connectivity index (χ1n) is 19.8. The number of nitrogens with zero attached hydrogens (tertiary/aromatic N) is 2. The van der Waals surface area contributed by atoms with Crippen LogP contribution < -0.4 is 16.6 Å². The lowest BCUT2D eigenvalue weighted by Gasteiger charge is -2.37. The molecule has 2 unspecified atom stereocenters. The molecule has 5 rings (SSSR count). The van der Waals surface area contributed by atoms with Crippen molar-refractivity contribution >= 4 is 26.0 Å². The Labute approximate surface area is 316 Å². The van der Waals surface area contributed by atoms with Gasteiger partial charge in [-0.25, -0.2) is 4.79 Å². The van der Waals surface area contributed by atoms with E-state index >= 15 is 0 Å². The molecule has 53 heavy (non-hydrogen) atoms. The van der Waals surface area contributed by atoms with E-state index in [0.29, 0.717) is 38.1 Å². The SMILES string of the molecule is [2H]C[C@H]1O[C@@H](n2cc(/C=C/C(=O)NCCCCCCCC(=O)OCC3c4ccccc4-c4ccccc43)c(=O)[nH]c2=O)CC1CP(C)N(C(C)C)C(C)C. The Morgan fingerprint density at radius 2 is 1.66 bits per heavy atom. The fraction of sp³-hybridized carbons (Fsp3) is 0.524. The Bertz CT molecular complexity index is 1820. The minimum atomic E-state index is -0.593. The average Bonchev–Trinajstić information content (AvgIpc) is 3.69. The van der Waals surface area contributed by atoms with E-state index in [0.717, 1.165) is 38.3 Å². The Kier molecular flexibility index (Phi) is 13.9. The second kappa shape index (κ2) is 19.0. The van der Waals surface area contributed by atoms with Crippen molar-refractivity contribution in [2.45, 2.75) is 110 Å². The molecule has 1 saturated heterocycles. The molecule has 0 bridgehead atoms. The predicted molar refractivity (Wildman–Crippen MR) is 213 cm³/mol. The largest absolute Gasteiger partial charge is 0.465 e. The Morgan fingerprint density at radius 1 is 1.02 bits per heavy atom. The van der Waals surface area contributed by atoms with E-state index in [4.69, 9.17) is 10.8 Å². The van der Waals surface area contributed by atoms with Crippen LogP contribution in [-0.2, 0) is 19.1 Å². The summed E-state index contributed by atoms with van der Waals surface area (Å²) in [6.07, 6.45) is 9.44. The van der Waals surface area contributed by atoms with E-state index in [1.165, 1.54) is 45.2 Å². The fourth-order valence-corrected chi connectivity index (χ4v) is 10.7. The molecule has 286 valence electrons. The van der Waals surface area contributed by atoms with Crippen LogP contribution in [0.15, 0.2) is 70.4 Å². The fourth-order valence-electron chi connectivity index (χ4n) is 7.85. The van der Waals surface area contributed by atoms with Gasteiger partial charge in [0.2, 0.25) is 5.91 Å². The zero-order chi connectivity index (χ0) is 38.8. The molecule has 0 saturated carbocycles. The number of benzene rings is 2. The summed E-state index contributed by atoms with van der Waals surface area (Å²) in [6.45, 7) is 12.0. The lowest BCUT2D eigenvalue weighted by Crippen LogP contribution is -2.34. The Balaban J connectivity index is 1.00. The lowest BCUT2D eigenvalue weighted by molar-refractivity contribution is -0.144. The smallest absolute Gasteiger partial charge is 0.330 e. The van der Waals surface area contributed by atoms with E-state index in [2.05, 4.69) is 73.6 Å². The summed E-state index contributed by atoms with van der Waals surface area (Å²) in [7, 11) is -0.463. The molecule has 2 N–H and O–H groups in total. The standard InChI is InChI=1S/C42H57N4O6P/c1-28(2)46(29(3)4)53(6)27-32-24-39(52-30(32)5)45-25-31(41(49)44-42(45)50)21-22-38(47)43-23-15-9-7-8-10-20-40(48)51-26-37-35-18-13-11-16-33(35)34-17-12-14-19-36(34)37/h11-14,16-19,21-22,25,28-30,32,37,39H,7-10,15,20,23-24,26-27H2,1-6H3,(H,43,47)(H,44,49,50)/b22-21+/t30-,32?,39-,53?/m1/s1/i5D. The summed E-state index contributed by atoms with van der Waals surface area (Å²) in [6, 6.07) is 17.4. The number of amides is 1. The normalized spacial score (nSPS) is 19.2. The minimum absolute atomic E-state index is 0.0646. The molecule has 1 aromatic heterocycles. The van der Waals surface area contributed by atoms with Gasteiger partial charge in [0.15, 0.2) is 0 Å². The number of esters is 1. The van der Waals surface area contributed by atoms with Crippen LogP contribution in [0.5, 0.6) is 0 Å². The molecule has 2 aliphatic rings. The highest BCUT2D eigenvalue weighted by atomic mass is 31.1. The molecule has 0 spiro atoms. The van der Waals surface area contributed by atoms with Crippen LogP contribution in [0, 0.1) is 5.92 Å². The van der Waals surface area contributed by atoms with Gasteiger partial charge in [-0.1, -0.05) is 67.8 Å². The summed E-state index contributed by atoms with van der Waals surface area (Å²) >= 11 is 0. The molecule has 0 radical (unpaired) electrons. The van der Waals surface area contributed by atoms with Crippen LogP contribution in [0.25, 0.3) is 17.2 Å². The van der Waals surface area contributed by atoms with E-state index in [9.17, 15) is 19.2 Å². The van der Waals surface area contributed by atoms with E-state index in [1.807, 2.05) is 24.3 Å². The van der Waals surface area contributed by atoms with Crippen molar-refractivity contribution < 1.29 is 20.4 Å². The van der Waals surface area contributed by atoms with Crippen LogP contribution in [0.2, 0.25) is 0 Å². The van der Waals surface area contributed by atoms with Gasteiger partial charge >= 0.3 is 11.7 Å². The van der Waals surface area contributed by atoms with Crippen molar-refractivity contribution in [3.63, 3.8) is 0 Å². The van der Waals surface area contributed by atoms with E-state index in [1.54, 1.807) is 0 Å². The van der Waals surface area contributed by atoms with Gasteiger partial charge in [0.05, 0.1) is 11.7 Å². The third-order valence-corrected chi connectivity index (χ3v) is 13.0. The van der Waals surface area contributed by atoms with Crippen molar-refractivity contribution in [3.8, 4) is 11.1 Å². The lowest BCUT2D eigenvalue weighted by atomic mass is 9.98. The third-order valence-electron chi connectivity index (χ3n) is 10.3. The molecule has 2 heterocycles. The highest BCUT2D eigenvalue weighted by molar-refractivity contribution is 7.54. The molecule has 1 aliphatic heterocycles. The van der Waals surface area contributed by atoms with E-state index < -0.39 is 25.5 Å². The second-order valence-electron chi connectivity index (χ2n) is 14.8. The number of aromatic amines is 1. The van der Waals surface area contributed by atoms with Gasteiger partial charge in [-0.05, 0) is 109 Å². The van der Waals surface area contributed by atoms with Crippen molar-refractivity contribution in [1.82, 2.24) is 19.5 Å². The van der Waals surface area contributed by atoms with Gasteiger partial charge in [-0.15, -0.1) is 0 Å². The topological polar surface area (TPSA) is 123 Å². The van der Waals surface area contributed by atoms with Crippen LogP contribution in [-0.4, -0.2) is 70.3 Å². The van der Waals surface area contributed by atoms with Crippen molar-refractivity contribution in [2.75, 3.05) is 26.0 Å². The number of nitrogens with one attached hydrogen (secondary N) is 2. The maximum Gasteiger partial charge on any atom is 0.330 e. The number of ether oxygens (including phenoxy) is 2. The van der Waals surface area contributed by atoms with Crippen LogP contribution in [0.1, 0.15) is 110 Å². The predicted octanol–water partition coefficient (Wildman–Crippen LogP) is 7.43. The monoisotopic (exact) mass is 745 g/mol. The molecular formula is C42H57N4O6P. The number of unbranched alkanes of at least 4 members (excludes halogenated alkanes) is 4. The molecule has 4 atom stereocenters. The Hall–Kier alpha value is -3.85. The number of hydrogen-bond donors (Lipinski definition) is 2. The van der Waals surface area contributed by atoms with Crippen LogP contribution in [0.4, 0.5) is 0 Å². The number of aromatic nitrogens is 2. The first-order valence-corrected chi connectivity index (χ1v) is 21.0. The minimum Gasteiger partial charge on any atom is -0.465 e. The summed E-state index contributed by atoms with van der Waals surface area (Å²) in [5.74, 6) is -0.318. The van der Waals surface area contributed by atoms with Gasteiger partial charge < -0.3 is 14.8 Å². The summed E-state index contributed by atoms with van der Waals surface area (Å²) in [4.78, 5) is 52.9. The van der Waals surface area contributed by atoms with Crippen LogP contribution >= 0.6 is 8.07 Å². The summed E-state index contributed by atoms with van der Waals surface area (Å²) in [5.41, 5.74) is 3.87. The molecule has 11 heteroatoms. The first-order chi connectivity index (χ1) is 26.0. The number of carbonyl (C=O) groups is 2. The van der Waals surface area contributed by atoms with Crippen LogP contribution in [0.3, 0.4) is 0 Å². The highest BCUT2D eigenvalue weighted by Crippen LogP contribution is 2.47. The third kappa shape index (κ3) is 10.4. The zero-order valence-corrected chi connectivity index (χ0v) is 32.8. The average molecular weight is 746 g/mol. The van der Waals surface area contributed by atoms with Crippen molar-refractivity contribution in [3.05, 3.63) is 98.3 Å². The van der Waals surface area contributed by atoms with Gasteiger partial charge in [-0.3, -0.25) is 28.6 Å². The molecule has 2 aromatic carbocycles. The first kappa shape index (κ1) is 38.9.